The van der Waals surface area contributed by atoms with E-state index in [1.54, 1.807) is 24.1 Å². The van der Waals surface area contributed by atoms with Gasteiger partial charge in [-0.25, -0.2) is 8.42 Å². The van der Waals surface area contributed by atoms with E-state index in [0.29, 0.717) is 12.1 Å². The number of sulfone groups is 1. The van der Waals surface area contributed by atoms with Crippen molar-refractivity contribution in [2.24, 2.45) is 0 Å². The van der Waals surface area contributed by atoms with Gasteiger partial charge in [0.25, 0.3) is 0 Å². The lowest BCUT2D eigenvalue weighted by Gasteiger charge is -2.18. The topological polar surface area (TPSA) is 81.4 Å². The first-order valence-electron chi connectivity index (χ1n) is 5.38. The summed E-state index contributed by atoms with van der Waals surface area (Å²) in [6.07, 6.45) is 0.399. The summed E-state index contributed by atoms with van der Waals surface area (Å²) in [7, 11) is -1.48. The van der Waals surface area contributed by atoms with Crippen LogP contribution >= 0.6 is 0 Å². The highest BCUT2D eigenvalue weighted by Crippen LogP contribution is 2.17. The van der Waals surface area contributed by atoms with Crippen molar-refractivity contribution in [3.63, 3.8) is 0 Å². The van der Waals surface area contributed by atoms with Crippen molar-refractivity contribution in [1.29, 1.82) is 5.26 Å². The number of hydrogen-bond donors (Lipinski definition) is 1. The van der Waals surface area contributed by atoms with Crippen LogP contribution in [0.25, 0.3) is 0 Å². The molecule has 0 aliphatic heterocycles. The number of nitrogens with zero attached hydrogens (tertiary/aromatic N) is 2. The second-order valence-electron chi connectivity index (χ2n) is 4.21. The van der Waals surface area contributed by atoms with Crippen LogP contribution in [-0.2, 0) is 9.84 Å². The van der Waals surface area contributed by atoms with Crippen LogP contribution in [0.15, 0.2) is 29.2 Å². The number of nitriles is 1. The van der Waals surface area contributed by atoms with Crippen LogP contribution in [0.2, 0.25) is 0 Å². The van der Waals surface area contributed by atoms with Gasteiger partial charge >= 0.3 is 0 Å². The maximum absolute atomic E-state index is 11.3. The zero-order valence-electron chi connectivity index (χ0n) is 10.4. The smallest absolute Gasteiger partial charge is 0.175 e. The molecule has 0 radical (unpaired) electrons. The van der Waals surface area contributed by atoms with Crippen molar-refractivity contribution < 1.29 is 13.5 Å². The molecule has 1 N–H and O–H groups in total. The van der Waals surface area contributed by atoms with Gasteiger partial charge in [0.05, 0.1) is 23.6 Å². The van der Waals surface area contributed by atoms with Crippen LogP contribution in [-0.4, -0.2) is 44.8 Å². The number of hydrogen-bond acceptors (Lipinski definition) is 5. The predicted octanol–water partition coefficient (Wildman–Crippen LogP) is 0.579. The van der Waals surface area contributed by atoms with E-state index in [9.17, 15) is 13.5 Å². The quantitative estimate of drug-likeness (QED) is 0.790. The predicted molar refractivity (Wildman–Crippen MR) is 67.6 cm³/mol. The van der Waals surface area contributed by atoms with Gasteiger partial charge in [-0.2, -0.15) is 5.26 Å². The molecule has 18 heavy (non-hydrogen) atoms. The minimum Gasteiger partial charge on any atom is -0.387 e. The SMILES string of the molecule is CN(CC#N)CC(O)c1ccc(S(C)(=O)=O)cc1. The minimum atomic E-state index is -3.21. The summed E-state index contributed by atoms with van der Waals surface area (Å²) in [6.45, 7) is 0.560. The van der Waals surface area contributed by atoms with E-state index < -0.39 is 15.9 Å². The van der Waals surface area contributed by atoms with E-state index in [-0.39, 0.29) is 11.4 Å². The number of aliphatic hydroxyl groups is 1. The molecule has 6 heteroatoms. The van der Waals surface area contributed by atoms with Gasteiger partial charge in [0.15, 0.2) is 9.84 Å². The monoisotopic (exact) mass is 268 g/mol. The van der Waals surface area contributed by atoms with Gasteiger partial charge in [0.1, 0.15) is 0 Å². The molecule has 0 fully saturated rings. The van der Waals surface area contributed by atoms with Crippen LogP contribution in [0.3, 0.4) is 0 Å². The van der Waals surface area contributed by atoms with Crippen molar-refractivity contribution in [2.75, 3.05) is 26.4 Å². The second kappa shape index (κ2) is 5.96. The molecule has 1 aromatic rings. The average Bonchev–Trinajstić information content (AvgIpc) is 2.28. The minimum absolute atomic E-state index is 0.226. The molecule has 0 bridgehead atoms. The molecule has 5 nitrogen and oxygen atoms in total. The van der Waals surface area contributed by atoms with Gasteiger partial charge in [-0.15, -0.1) is 0 Å². The summed E-state index contributed by atoms with van der Waals surface area (Å²) in [4.78, 5) is 1.92. The Morgan fingerprint density at radius 3 is 2.39 bits per heavy atom. The van der Waals surface area contributed by atoms with Crippen LogP contribution < -0.4 is 0 Å². The molecule has 0 amide bonds. The van der Waals surface area contributed by atoms with Gasteiger partial charge in [-0.1, -0.05) is 12.1 Å². The van der Waals surface area contributed by atoms with Crippen molar-refractivity contribution >= 4 is 9.84 Å². The molecule has 1 atom stereocenters. The molecular weight excluding hydrogens is 252 g/mol. The molecule has 0 spiro atoms. The van der Waals surface area contributed by atoms with E-state index in [1.165, 1.54) is 12.1 Å². The van der Waals surface area contributed by atoms with Crippen LogP contribution in [0.5, 0.6) is 0 Å². The Hall–Kier alpha value is -1.42. The number of benzene rings is 1. The number of likely N-dealkylation sites (N-methyl/N-ethyl adjacent to an activating group) is 1. The summed E-state index contributed by atoms with van der Waals surface area (Å²) < 4.78 is 22.5. The van der Waals surface area contributed by atoms with Gasteiger partial charge in [-0.05, 0) is 24.7 Å². The van der Waals surface area contributed by atoms with Crippen LogP contribution in [0.4, 0.5) is 0 Å². The first-order chi connectivity index (χ1) is 8.34. The van der Waals surface area contributed by atoms with Crippen molar-refractivity contribution in [1.82, 2.24) is 4.90 Å². The largest absolute Gasteiger partial charge is 0.387 e. The van der Waals surface area contributed by atoms with E-state index >= 15 is 0 Å². The Morgan fingerprint density at radius 2 is 1.94 bits per heavy atom. The first-order valence-corrected chi connectivity index (χ1v) is 7.27. The fourth-order valence-electron chi connectivity index (χ4n) is 1.52. The Kier molecular flexibility index (Phi) is 4.84. The Balaban J connectivity index is 2.77. The third-order valence-electron chi connectivity index (χ3n) is 2.52. The summed E-state index contributed by atoms with van der Waals surface area (Å²) in [5.41, 5.74) is 0.632. The zero-order valence-corrected chi connectivity index (χ0v) is 11.2. The van der Waals surface area contributed by atoms with Crippen molar-refractivity contribution in [3.8, 4) is 6.07 Å². The highest BCUT2D eigenvalue weighted by Gasteiger charge is 2.12. The maximum atomic E-state index is 11.3. The Labute approximate surface area is 107 Å². The Morgan fingerprint density at radius 1 is 1.39 bits per heavy atom. The molecule has 0 aliphatic rings. The molecule has 98 valence electrons. The molecule has 1 aromatic carbocycles. The van der Waals surface area contributed by atoms with Gasteiger partial charge in [0, 0.05) is 12.8 Å². The zero-order chi connectivity index (χ0) is 13.8. The highest BCUT2D eigenvalue weighted by atomic mass is 32.2. The summed E-state index contributed by atoms with van der Waals surface area (Å²) >= 11 is 0. The van der Waals surface area contributed by atoms with Gasteiger partial charge in [-0.3, -0.25) is 4.90 Å². The number of rotatable bonds is 5. The molecular formula is C12H16N2O3S. The van der Waals surface area contributed by atoms with Gasteiger partial charge in [0.2, 0.25) is 0 Å². The van der Waals surface area contributed by atoms with E-state index in [0.717, 1.165) is 6.26 Å². The standard InChI is InChI=1S/C12H16N2O3S/c1-14(8-7-13)9-12(15)10-3-5-11(6-4-10)18(2,16)17/h3-6,12,15H,8-9H2,1-2H3. The second-order valence-corrected chi connectivity index (χ2v) is 6.23. The fourth-order valence-corrected chi connectivity index (χ4v) is 2.15. The lowest BCUT2D eigenvalue weighted by Crippen LogP contribution is -2.24. The lowest BCUT2D eigenvalue weighted by molar-refractivity contribution is 0.133. The molecule has 0 saturated heterocycles. The van der Waals surface area contributed by atoms with E-state index in [4.69, 9.17) is 5.26 Å². The summed E-state index contributed by atoms with van der Waals surface area (Å²) in [6, 6.07) is 8.10. The van der Waals surface area contributed by atoms with Crippen LogP contribution in [0.1, 0.15) is 11.7 Å². The van der Waals surface area contributed by atoms with Crippen LogP contribution in [0, 0.1) is 11.3 Å². The Bertz CT molecular complexity index is 531. The molecule has 0 heterocycles. The van der Waals surface area contributed by atoms with Gasteiger partial charge < -0.3 is 5.11 Å². The fraction of sp³-hybridized carbons (Fsp3) is 0.417. The first kappa shape index (κ1) is 14.6. The molecule has 0 aromatic heterocycles. The van der Waals surface area contributed by atoms with Crippen molar-refractivity contribution in [3.05, 3.63) is 29.8 Å². The summed E-state index contributed by atoms with van der Waals surface area (Å²) in [5, 5.41) is 18.4. The summed E-state index contributed by atoms with van der Waals surface area (Å²) in [5.74, 6) is 0. The van der Waals surface area contributed by atoms with E-state index in [1.807, 2.05) is 6.07 Å². The van der Waals surface area contributed by atoms with E-state index in [2.05, 4.69) is 0 Å². The molecule has 0 aliphatic carbocycles. The third-order valence-corrected chi connectivity index (χ3v) is 3.65. The average molecular weight is 268 g/mol. The number of aliphatic hydroxyl groups excluding tert-OH is 1. The molecule has 1 unspecified atom stereocenters. The maximum Gasteiger partial charge on any atom is 0.175 e. The molecule has 1 rings (SSSR count). The van der Waals surface area contributed by atoms with Crippen molar-refractivity contribution in [2.45, 2.75) is 11.0 Å². The normalized spacial score (nSPS) is 13.3. The molecule has 0 saturated carbocycles. The third kappa shape index (κ3) is 4.11. The highest BCUT2D eigenvalue weighted by molar-refractivity contribution is 7.90. The lowest BCUT2D eigenvalue weighted by atomic mass is 10.1.